The van der Waals surface area contributed by atoms with Gasteiger partial charge in [-0.1, -0.05) is 33.0 Å². The first kappa shape index (κ1) is 14.4. The lowest BCUT2D eigenvalue weighted by atomic mass is 9.97. The second kappa shape index (κ2) is 6.31. The molecule has 1 rings (SSSR count). The van der Waals surface area contributed by atoms with Gasteiger partial charge in [0.25, 0.3) is 0 Å². The van der Waals surface area contributed by atoms with Crippen molar-refractivity contribution >= 4 is 23.1 Å². The molecular weight excluding hydrogens is 236 g/mol. The predicted molar refractivity (Wildman–Crippen MR) is 71.7 cm³/mol. The van der Waals surface area contributed by atoms with Crippen molar-refractivity contribution in [2.24, 2.45) is 17.6 Å². The van der Waals surface area contributed by atoms with E-state index in [0.29, 0.717) is 11.6 Å². The van der Waals surface area contributed by atoms with Gasteiger partial charge < -0.3 is 15.8 Å². The van der Waals surface area contributed by atoms with Gasteiger partial charge in [-0.25, -0.2) is 0 Å². The topological polar surface area (TPSA) is 64.3 Å². The Morgan fingerprint density at radius 2 is 2.24 bits per heavy atom. The second-order valence-corrected chi connectivity index (χ2v) is 5.32. The van der Waals surface area contributed by atoms with E-state index in [1.807, 2.05) is 20.8 Å². The molecule has 0 aromatic rings. The fraction of sp³-hybridized carbons (Fsp3) is 0.833. The van der Waals surface area contributed by atoms with E-state index < -0.39 is 0 Å². The molecule has 1 saturated heterocycles. The van der Waals surface area contributed by atoms with Crippen LogP contribution in [0.3, 0.4) is 0 Å². The Kier molecular flexibility index (Phi) is 5.33. The molecule has 3 unspecified atom stereocenters. The van der Waals surface area contributed by atoms with E-state index in [4.69, 9.17) is 22.7 Å². The molecule has 1 aliphatic rings. The molecule has 17 heavy (non-hydrogen) atoms. The van der Waals surface area contributed by atoms with Crippen LogP contribution < -0.4 is 11.1 Å². The van der Waals surface area contributed by atoms with E-state index in [1.54, 1.807) is 0 Å². The van der Waals surface area contributed by atoms with Gasteiger partial charge in [-0.05, 0) is 18.8 Å². The van der Waals surface area contributed by atoms with Gasteiger partial charge in [0, 0.05) is 6.61 Å². The monoisotopic (exact) mass is 258 g/mol. The van der Waals surface area contributed by atoms with Crippen LogP contribution in [0, 0.1) is 11.8 Å². The lowest BCUT2D eigenvalue weighted by Crippen LogP contribution is -2.49. The summed E-state index contributed by atoms with van der Waals surface area (Å²) in [4.78, 5) is 12.5. The lowest BCUT2D eigenvalue weighted by molar-refractivity contribution is -0.127. The third kappa shape index (κ3) is 3.64. The molecule has 3 N–H and O–H groups in total. The first-order valence-corrected chi connectivity index (χ1v) is 6.59. The van der Waals surface area contributed by atoms with E-state index in [-0.39, 0.29) is 29.9 Å². The number of carbonyl (C=O) groups excluding carboxylic acids is 1. The van der Waals surface area contributed by atoms with Gasteiger partial charge in [-0.3, -0.25) is 4.79 Å². The molecular formula is C12H22N2O2S. The van der Waals surface area contributed by atoms with Crippen LogP contribution in [0.15, 0.2) is 0 Å². The molecule has 1 aliphatic heterocycles. The molecule has 0 spiro atoms. The van der Waals surface area contributed by atoms with E-state index in [9.17, 15) is 4.79 Å². The SMILES string of the molecule is CCC1OCCC1C(=O)NC(C(N)=S)C(C)C. The van der Waals surface area contributed by atoms with Crippen LogP contribution in [0.25, 0.3) is 0 Å². The van der Waals surface area contributed by atoms with Crippen LogP contribution in [0.5, 0.6) is 0 Å². The van der Waals surface area contributed by atoms with Crippen LogP contribution in [0.1, 0.15) is 33.6 Å². The summed E-state index contributed by atoms with van der Waals surface area (Å²) in [5, 5.41) is 2.94. The molecule has 5 heteroatoms. The Balaban J connectivity index is 2.61. The molecule has 1 amide bonds. The smallest absolute Gasteiger partial charge is 0.226 e. The van der Waals surface area contributed by atoms with Gasteiger partial charge in [-0.15, -0.1) is 0 Å². The molecule has 0 aromatic carbocycles. The summed E-state index contributed by atoms with van der Waals surface area (Å²) < 4.78 is 5.51. The number of carbonyl (C=O) groups is 1. The fourth-order valence-electron chi connectivity index (χ4n) is 2.18. The first-order valence-electron chi connectivity index (χ1n) is 6.18. The normalized spacial score (nSPS) is 25.9. The number of ether oxygens (including phenoxy) is 1. The van der Waals surface area contributed by atoms with Crippen molar-refractivity contribution in [2.75, 3.05) is 6.61 Å². The van der Waals surface area contributed by atoms with Crippen LogP contribution in [-0.4, -0.2) is 29.6 Å². The summed E-state index contributed by atoms with van der Waals surface area (Å²) in [5.41, 5.74) is 5.64. The molecule has 98 valence electrons. The summed E-state index contributed by atoms with van der Waals surface area (Å²) in [5.74, 6) is 0.162. The zero-order valence-electron chi connectivity index (χ0n) is 10.7. The van der Waals surface area contributed by atoms with Crippen molar-refractivity contribution in [1.29, 1.82) is 0 Å². The predicted octanol–water partition coefficient (Wildman–Crippen LogP) is 1.23. The Hall–Kier alpha value is -0.680. The minimum atomic E-state index is -0.226. The maximum Gasteiger partial charge on any atom is 0.226 e. The third-order valence-electron chi connectivity index (χ3n) is 3.22. The number of thiocarbonyl (C=S) groups is 1. The minimum absolute atomic E-state index is 0.0147. The zero-order chi connectivity index (χ0) is 13.0. The van der Waals surface area contributed by atoms with Crippen LogP contribution >= 0.6 is 12.2 Å². The van der Waals surface area contributed by atoms with Crippen molar-refractivity contribution in [1.82, 2.24) is 5.32 Å². The average molecular weight is 258 g/mol. The molecule has 0 aliphatic carbocycles. The Bertz CT molecular complexity index is 294. The average Bonchev–Trinajstić information content (AvgIpc) is 2.72. The largest absolute Gasteiger partial charge is 0.392 e. The highest BCUT2D eigenvalue weighted by molar-refractivity contribution is 7.80. The van der Waals surface area contributed by atoms with Crippen molar-refractivity contribution < 1.29 is 9.53 Å². The second-order valence-electron chi connectivity index (χ2n) is 4.85. The molecule has 1 fully saturated rings. The van der Waals surface area contributed by atoms with Crippen molar-refractivity contribution in [3.63, 3.8) is 0 Å². The molecule has 3 atom stereocenters. The molecule has 0 bridgehead atoms. The summed E-state index contributed by atoms with van der Waals surface area (Å²) in [7, 11) is 0. The number of nitrogens with one attached hydrogen (secondary N) is 1. The molecule has 4 nitrogen and oxygen atoms in total. The number of hydrogen-bond acceptors (Lipinski definition) is 3. The van der Waals surface area contributed by atoms with Crippen molar-refractivity contribution in [2.45, 2.75) is 45.8 Å². The summed E-state index contributed by atoms with van der Waals surface area (Å²) in [6.07, 6.45) is 1.68. The standard InChI is InChI=1S/C12H22N2O2S/c1-4-9-8(5-6-16-9)12(15)14-10(7(2)3)11(13)17/h7-10H,4-6H2,1-3H3,(H2,13,17)(H,14,15). The van der Waals surface area contributed by atoms with Crippen LogP contribution in [0.2, 0.25) is 0 Å². The Morgan fingerprint density at radius 1 is 1.59 bits per heavy atom. The maximum atomic E-state index is 12.1. The van der Waals surface area contributed by atoms with Crippen molar-refractivity contribution in [3.8, 4) is 0 Å². The maximum absolute atomic E-state index is 12.1. The van der Waals surface area contributed by atoms with Gasteiger partial charge in [0.15, 0.2) is 0 Å². The highest BCUT2D eigenvalue weighted by atomic mass is 32.1. The van der Waals surface area contributed by atoms with Gasteiger partial charge in [0.1, 0.15) is 0 Å². The number of nitrogens with two attached hydrogens (primary N) is 1. The van der Waals surface area contributed by atoms with E-state index >= 15 is 0 Å². The number of hydrogen-bond donors (Lipinski definition) is 2. The fourth-order valence-corrected chi connectivity index (χ4v) is 2.51. The first-order chi connectivity index (χ1) is 7.97. The van der Waals surface area contributed by atoms with E-state index in [0.717, 1.165) is 12.8 Å². The van der Waals surface area contributed by atoms with E-state index in [2.05, 4.69) is 5.32 Å². The van der Waals surface area contributed by atoms with Crippen molar-refractivity contribution in [3.05, 3.63) is 0 Å². The molecule has 0 aromatic heterocycles. The summed E-state index contributed by atoms with van der Waals surface area (Å²) >= 11 is 4.98. The molecule has 0 saturated carbocycles. The highest BCUT2D eigenvalue weighted by Gasteiger charge is 2.34. The third-order valence-corrected chi connectivity index (χ3v) is 3.47. The lowest BCUT2D eigenvalue weighted by Gasteiger charge is -2.24. The van der Waals surface area contributed by atoms with Gasteiger partial charge in [-0.2, -0.15) is 0 Å². The van der Waals surface area contributed by atoms with Gasteiger partial charge in [0.05, 0.1) is 23.1 Å². The Labute approximate surface area is 108 Å². The van der Waals surface area contributed by atoms with E-state index in [1.165, 1.54) is 0 Å². The quantitative estimate of drug-likeness (QED) is 0.728. The molecule has 0 radical (unpaired) electrons. The summed E-state index contributed by atoms with van der Waals surface area (Å²) in [6.45, 7) is 6.68. The highest BCUT2D eigenvalue weighted by Crippen LogP contribution is 2.23. The minimum Gasteiger partial charge on any atom is -0.392 e. The van der Waals surface area contributed by atoms with Crippen LogP contribution in [-0.2, 0) is 9.53 Å². The van der Waals surface area contributed by atoms with Gasteiger partial charge in [0.2, 0.25) is 5.91 Å². The number of amides is 1. The zero-order valence-corrected chi connectivity index (χ0v) is 11.5. The molecule has 1 heterocycles. The summed E-state index contributed by atoms with van der Waals surface area (Å²) in [6, 6.07) is -0.226. The van der Waals surface area contributed by atoms with Gasteiger partial charge >= 0.3 is 0 Å². The number of rotatable bonds is 5. The van der Waals surface area contributed by atoms with Crippen LogP contribution in [0.4, 0.5) is 0 Å². The Morgan fingerprint density at radius 3 is 2.71 bits per heavy atom.